The molecule has 5 heteroatoms. The molecule has 116 valence electrons. The number of rotatable bonds is 4. The molecule has 2 aromatic carbocycles. The monoisotopic (exact) mass is 329 g/mol. The molecule has 0 saturated heterocycles. The molecule has 0 fully saturated rings. The van der Waals surface area contributed by atoms with E-state index in [0.717, 1.165) is 0 Å². The molecule has 0 amide bonds. The van der Waals surface area contributed by atoms with E-state index in [-0.39, 0.29) is 11.4 Å². The first-order valence-corrected chi connectivity index (χ1v) is 7.49. The molecule has 3 rings (SSSR count). The number of aromatic nitrogens is 1. The average Bonchev–Trinajstić information content (AvgIpc) is 2.55. The highest BCUT2D eigenvalue weighted by molar-refractivity contribution is 6.31. The van der Waals surface area contributed by atoms with Gasteiger partial charge in [0.05, 0.1) is 12.1 Å². The van der Waals surface area contributed by atoms with Gasteiger partial charge in [0.15, 0.2) is 12.0 Å². The van der Waals surface area contributed by atoms with Gasteiger partial charge in [0, 0.05) is 21.5 Å². The quantitative estimate of drug-likeness (QED) is 0.639. The topological polar surface area (TPSA) is 39.2 Å². The van der Waals surface area contributed by atoms with E-state index in [9.17, 15) is 9.18 Å². The first-order chi connectivity index (χ1) is 11.2. The van der Waals surface area contributed by atoms with Gasteiger partial charge in [0.1, 0.15) is 11.5 Å². The Kier molecular flexibility index (Phi) is 4.26. The summed E-state index contributed by atoms with van der Waals surface area (Å²) in [4.78, 5) is 15.7. The number of nitrogens with zero attached hydrogens (tertiary/aromatic N) is 1. The molecular weight excluding hydrogens is 317 g/mol. The second-order valence-electron chi connectivity index (χ2n) is 4.89. The number of pyridine rings is 1. The number of fused-ring (bicyclic) bond motifs is 1. The van der Waals surface area contributed by atoms with E-state index in [4.69, 9.17) is 16.3 Å². The van der Waals surface area contributed by atoms with Crippen LogP contribution < -0.4 is 4.74 Å². The number of ether oxygens (including phenoxy) is 1. The fourth-order valence-electron chi connectivity index (χ4n) is 2.54. The maximum absolute atomic E-state index is 14.4. The Bertz CT molecular complexity index is 896. The van der Waals surface area contributed by atoms with Gasteiger partial charge in [0.2, 0.25) is 0 Å². The molecule has 1 heterocycles. The van der Waals surface area contributed by atoms with E-state index in [1.807, 2.05) is 0 Å². The number of benzene rings is 2. The van der Waals surface area contributed by atoms with Crippen molar-refractivity contribution in [3.8, 4) is 16.9 Å². The minimum absolute atomic E-state index is 0.139. The van der Waals surface area contributed by atoms with Crippen molar-refractivity contribution in [2.45, 2.75) is 6.92 Å². The molecule has 0 radical (unpaired) electrons. The number of carbonyl (C=O) groups is 1. The third kappa shape index (κ3) is 2.78. The number of aldehydes is 1. The van der Waals surface area contributed by atoms with Crippen molar-refractivity contribution in [3.63, 3.8) is 0 Å². The van der Waals surface area contributed by atoms with E-state index < -0.39 is 5.82 Å². The summed E-state index contributed by atoms with van der Waals surface area (Å²) in [6, 6.07) is 11.4. The van der Waals surface area contributed by atoms with Crippen molar-refractivity contribution < 1.29 is 13.9 Å². The molecule has 0 aliphatic carbocycles. The minimum Gasteiger partial charge on any atom is -0.491 e. The molecule has 0 unspecified atom stereocenters. The van der Waals surface area contributed by atoms with Crippen LogP contribution in [0.5, 0.6) is 5.75 Å². The molecule has 0 atom stereocenters. The maximum Gasteiger partial charge on any atom is 0.172 e. The second-order valence-corrected chi connectivity index (χ2v) is 5.33. The van der Waals surface area contributed by atoms with Gasteiger partial charge in [-0.1, -0.05) is 29.8 Å². The third-order valence-corrected chi connectivity index (χ3v) is 3.71. The number of hydrogen-bond donors (Lipinski definition) is 0. The standard InChI is InChI=1S/C18H13ClFNO2/c1-2-23-18-16(10-22)21-15-8-7-11(19)9-13(15)17(18)12-5-3-4-6-14(12)20/h3-10H,2H2,1H3. The fourth-order valence-corrected chi connectivity index (χ4v) is 2.71. The van der Waals surface area contributed by atoms with Crippen LogP contribution in [0, 0.1) is 5.82 Å². The van der Waals surface area contributed by atoms with E-state index in [1.165, 1.54) is 6.07 Å². The maximum atomic E-state index is 14.4. The van der Waals surface area contributed by atoms with Crippen LogP contribution in [0.1, 0.15) is 17.4 Å². The Morgan fingerprint density at radius 1 is 1.26 bits per heavy atom. The Morgan fingerprint density at radius 3 is 2.74 bits per heavy atom. The predicted octanol–water partition coefficient (Wildman–Crippen LogP) is 4.91. The molecule has 0 N–H and O–H groups in total. The SMILES string of the molecule is CCOc1c(C=O)nc2ccc(Cl)cc2c1-c1ccccc1F. The summed E-state index contributed by atoms with van der Waals surface area (Å²) in [5, 5.41) is 1.13. The van der Waals surface area contributed by atoms with Crippen molar-refractivity contribution >= 4 is 28.8 Å². The first kappa shape index (κ1) is 15.4. The molecule has 1 aromatic heterocycles. The zero-order chi connectivity index (χ0) is 16.4. The molecule has 3 aromatic rings. The van der Waals surface area contributed by atoms with Crippen molar-refractivity contribution in [3.05, 3.63) is 59.0 Å². The van der Waals surface area contributed by atoms with E-state index in [0.29, 0.717) is 39.9 Å². The zero-order valence-electron chi connectivity index (χ0n) is 12.3. The summed E-state index contributed by atoms with van der Waals surface area (Å²) in [5.41, 5.74) is 1.52. The Morgan fingerprint density at radius 2 is 2.04 bits per heavy atom. The number of halogens is 2. The van der Waals surface area contributed by atoms with Gasteiger partial charge < -0.3 is 4.74 Å². The second kappa shape index (κ2) is 6.34. The van der Waals surface area contributed by atoms with Crippen LogP contribution in [0.3, 0.4) is 0 Å². The van der Waals surface area contributed by atoms with Gasteiger partial charge >= 0.3 is 0 Å². The Labute approximate surface area is 137 Å². The van der Waals surface area contributed by atoms with Crippen molar-refractivity contribution in [2.75, 3.05) is 6.61 Å². The van der Waals surface area contributed by atoms with Crippen molar-refractivity contribution in [1.82, 2.24) is 4.98 Å². The average molecular weight is 330 g/mol. The highest BCUT2D eigenvalue weighted by Crippen LogP contribution is 2.40. The molecule has 3 nitrogen and oxygen atoms in total. The molecule has 0 saturated carbocycles. The summed E-state index contributed by atoms with van der Waals surface area (Å²) in [7, 11) is 0. The lowest BCUT2D eigenvalue weighted by molar-refractivity contribution is 0.111. The summed E-state index contributed by atoms with van der Waals surface area (Å²) in [6.45, 7) is 2.12. The van der Waals surface area contributed by atoms with E-state index in [2.05, 4.69) is 4.98 Å². The lowest BCUT2D eigenvalue weighted by atomic mass is 9.98. The van der Waals surface area contributed by atoms with Crippen LogP contribution >= 0.6 is 11.6 Å². The lowest BCUT2D eigenvalue weighted by Gasteiger charge is -2.16. The van der Waals surface area contributed by atoms with Gasteiger partial charge in [-0.3, -0.25) is 4.79 Å². The normalized spacial score (nSPS) is 10.7. The third-order valence-electron chi connectivity index (χ3n) is 3.47. The van der Waals surface area contributed by atoms with Crippen LogP contribution in [0.2, 0.25) is 5.02 Å². The number of carbonyl (C=O) groups excluding carboxylic acids is 1. The predicted molar refractivity (Wildman–Crippen MR) is 88.7 cm³/mol. The molecule has 23 heavy (non-hydrogen) atoms. The minimum atomic E-state index is -0.405. The van der Waals surface area contributed by atoms with Crippen molar-refractivity contribution in [2.24, 2.45) is 0 Å². The summed E-state index contributed by atoms with van der Waals surface area (Å²) >= 11 is 6.09. The summed E-state index contributed by atoms with van der Waals surface area (Å²) < 4.78 is 20.0. The van der Waals surface area contributed by atoms with Crippen LogP contribution in [0.4, 0.5) is 4.39 Å². The van der Waals surface area contributed by atoms with E-state index in [1.54, 1.807) is 43.3 Å². The summed E-state index contributed by atoms with van der Waals surface area (Å²) in [5.74, 6) is -0.139. The smallest absolute Gasteiger partial charge is 0.172 e. The van der Waals surface area contributed by atoms with Crippen LogP contribution in [-0.2, 0) is 0 Å². The Hall–Kier alpha value is -2.46. The molecule has 0 aliphatic heterocycles. The van der Waals surface area contributed by atoms with Gasteiger partial charge in [-0.15, -0.1) is 0 Å². The van der Waals surface area contributed by atoms with E-state index >= 15 is 0 Å². The highest BCUT2D eigenvalue weighted by atomic mass is 35.5. The number of hydrogen-bond acceptors (Lipinski definition) is 3. The fraction of sp³-hybridized carbons (Fsp3) is 0.111. The van der Waals surface area contributed by atoms with Crippen LogP contribution in [-0.4, -0.2) is 17.9 Å². The molecular formula is C18H13ClFNO2. The highest BCUT2D eigenvalue weighted by Gasteiger charge is 2.20. The molecule has 0 bridgehead atoms. The summed E-state index contributed by atoms with van der Waals surface area (Å²) in [6.07, 6.45) is 0.614. The van der Waals surface area contributed by atoms with Gasteiger partial charge in [-0.2, -0.15) is 0 Å². The van der Waals surface area contributed by atoms with Gasteiger partial charge in [-0.05, 0) is 31.2 Å². The largest absolute Gasteiger partial charge is 0.491 e. The van der Waals surface area contributed by atoms with Crippen molar-refractivity contribution in [1.29, 1.82) is 0 Å². The van der Waals surface area contributed by atoms with Crippen LogP contribution in [0.25, 0.3) is 22.0 Å². The van der Waals surface area contributed by atoms with Gasteiger partial charge in [-0.25, -0.2) is 9.37 Å². The Balaban J connectivity index is 2.48. The first-order valence-electron chi connectivity index (χ1n) is 7.11. The molecule has 0 aliphatic rings. The van der Waals surface area contributed by atoms with Crippen LogP contribution in [0.15, 0.2) is 42.5 Å². The lowest BCUT2D eigenvalue weighted by Crippen LogP contribution is -2.03. The molecule has 0 spiro atoms. The van der Waals surface area contributed by atoms with Gasteiger partial charge in [0.25, 0.3) is 0 Å². The zero-order valence-corrected chi connectivity index (χ0v) is 13.1.